The van der Waals surface area contributed by atoms with Crippen LogP contribution in [0.1, 0.15) is 49.8 Å². The van der Waals surface area contributed by atoms with Crippen LogP contribution in [0.15, 0.2) is 18.2 Å². The van der Waals surface area contributed by atoms with E-state index < -0.39 is 5.41 Å². The number of carbonyl (C=O) groups is 1. The van der Waals surface area contributed by atoms with Gasteiger partial charge in [-0.25, -0.2) is 4.39 Å². The van der Waals surface area contributed by atoms with Crippen molar-refractivity contribution >= 4 is 18.3 Å². The number of hydrogen-bond acceptors (Lipinski definition) is 2. The molecule has 0 spiro atoms. The Kier molecular flexibility index (Phi) is 6.17. The Balaban J connectivity index is 0.00000220. The molecule has 3 N–H and O–H groups in total. The molecule has 1 saturated carbocycles. The normalized spacial score (nSPS) is 17.9. The number of hydrogen-bond donors (Lipinski definition) is 2. The topological polar surface area (TPSA) is 55.1 Å². The Morgan fingerprint density at radius 3 is 2.57 bits per heavy atom. The number of benzene rings is 1. The molecule has 1 amide bonds. The molecular formula is C16H24ClFN2O. The van der Waals surface area contributed by atoms with E-state index in [9.17, 15) is 9.18 Å². The maximum atomic E-state index is 13.6. The Morgan fingerprint density at radius 2 is 2.05 bits per heavy atom. The van der Waals surface area contributed by atoms with Crippen LogP contribution in [0.5, 0.6) is 0 Å². The zero-order valence-electron chi connectivity index (χ0n) is 12.6. The van der Waals surface area contributed by atoms with E-state index in [0.717, 1.165) is 31.2 Å². The number of aryl methyl sites for hydroxylation is 1. The molecular weight excluding hydrogens is 291 g/mol. The van der Waals surface area contributed by atoms with Gasteiger partial charge in [-0.2, -0.15) is 0 Å². The monoisotopic (exact) mass is 314 g/mol. The molecule has 0 bridgehead atoms. The number of carbonyl (C=O) groups excluding carboxylic acids is 1. The predicted octanol–water partition coefficient (Wildman–Crippen LogP) is 3.25. The van der Waals surface area contributed by atoms with Gasteiger partial charge < -0.3 is 11.1 Å². The number of rotatable bonds is 4. The van der Waals surface area contributed by atoms with Gasteiger partial charge in [0.2, 0.25) is 5.91 Å². The minimum Gasteiger partial charge on any atom is -0.349 e. The molecule has 1 fully saturated rings. The fourth-order valence-corrected chi connectivity index (χ4v) is 2.89. The van der Waals surface area contributed by atoms with Crippen LogP contribution in [0.2, 0.25) is 0 Å². The average molecular weight is 315 g/mol. The SMILES string of the molecule is Cc1ccc(C(C)NC(=O)C2(CN)CCCC2)cc1F.Cl. The van der Waals surface area contributed by atoms with Crippen molar-refractivity contribution in [1.29, 1.82) is 0 Å². The molecule has 0 aliphatic heterocycles. The fraction of sp³-hybridized carbons (Fsp3) is 0.562. The van der Waals surface area contributed by atoms with Crippen molar-refractivity contribution in [1.82, 2.24) is 5.32 Å². The van der Waals surface area contributed by atoms with Gasteiger partial charge in [0.05, 0.1) is 11.5 Å². The summed E-state index contributed by atoms with van der Waals surface area (Å²) >= 11 is 0. The first-order valence-corrected chi connectivity index (χ1v) is 7.25. The van der Waals surface area contributed by atoms with Gasteiger partial charge in [0.1, 0.15) is 5.82 Å². The molecule has 1 aliphatic rings. The minimum atomic E-state index is -0.419. The summed E-state index contributed by atoms with van der Waals surface area (Å²) in [7, 11) is 0. The maximum Gasteiger partial charge on any atom is 0.227 e. The van der Waals surface area contributed by atoms with Crippen molar-refractivity contribution < 1.29 is 9.18 Å². The van der Waals surface area contributed by atoms with Crippen molar-refractivity contribution in [2.75, 3.05) is 6.54 Å². The summed E-state index contributed by atoms with van der Waals surface area (Å²) in [5, 5.41) is 2.99. The van der Waals surface area contributed by atoms with Crippen LogP contribution < -0.4 is 11.1 Å². The Morgan fingerprint density at radius 1 is 1.43 bits per heavy atom. The first-order valence-electron chi connectivity index (χ1n) is 7.25. The van der Waals surface area contributed by atoms with E-state index in [1.54, 1.807) is 13.0 Å². The smallest absolute Gasteiger partial charge is 0.227 e. The van der Waals surface area contributed by atoms with Gasteiger partial charge in [-0.15, -0.1) is 12.4 Å². The first-order chi connectivity index (χ1) is 9.48. The highest BCUT2D eigenvalue weighted by Crippen LogP contribution is 2.37. The lowest BCUT2D eigenvalue weighted by Gasteiger charge is -2.28. The standard InChI is InChI=1S/C16H23FN2O.ClH/c1-11-5-6-13(9-14(11)17)12(2)19-15(20)16(10-18)7-3-4-8-16;/h5-6,9,12H,3-4,7-8,10,18H2,1-2H3,(H,19,20);1H. The lowest BCUT2D eigenvalue weighted by molar-refractivity contribution is -0.131. The van der Waals surface area contributed by atoms with Crippen LogP contribution in [0.3, 0.4) is 0 Å². The lowest BCUT2D eigenvalue weighted by atomic mass is 9.85. The van der Waals surface area contributed by atoms with Gasteiger partial charge in [0, 0.05) is 6.54 Å². The molecule has 0 heterocycles. The van der Waals surface area contributed by atoms with Gasteiger partial charge in [-0.05, 0) is 43.9 Å². The van der Waals surface area contributed by atoms with Gasteiger partial charge in [0.15, 0.2) is 0 Å². The highest BCUT2D eigenvalue weighted by molar-refractivity contribution is 5.85. The summed E-state index contributed by atoms with van der Waals surface area (Å²) in [6, 6.07) is 4.88. The fourth-order valence-electron chi connectivity index (χ4n) is 2.89. The quantitative estimate of drug-likeness (QED) is 0.896. The van der Waals surface area contributed by atoms with Gasteiger partial charge >= 0.3 is 0 Å². The summed E-state index contributed by atoms with van der Waals surface area (Å²) in [4.78, 5) is 12.4. The van der Waals surface area contributed by atoms with E-state index in [2.05, 4.69) is 5.32 Å². The molecule has 118 valence electrons. The summed E-state index contributed by atoms with van der Waals surface area (Å²) in [6.45, 7) is 3.99. The van der Waals surface area contributed by atoms with Crippen LogP contribution in [0, 0.1) is 18.2 Å². The van der Waals surface area contributed by atoms with E-state index >= 15 is 0 Å². The Bertz CT molecular complexity index is 501. The molecule has 1 atom stereocenters. The summed E-state index contributed by atoms with van der Waals surface area (Å²) in [5.74, 6) is -0.232. The molecule has 1 aromatic rings. The van der Waals surface area contributed by atoms with Crippen molar-refractivity contribution in [3.05, 3.63) is 35.1 Å². The number of nitrogens with two attached hydrogens (primary N) is 1. The average Bonchev–Trinajstić information content (AvgIpc) is 2.91. The molecule has 3 nitrogen and oxygen atoms in total. The molecule has 0 radical (unpaired) electrons. The molecule has 2 rings (SSSR count). The summed E-state index contributed by atoms with van der Waals surface area (Å²) in [5.41, 5.74) is 6.78. The first kappa shape index (κ1) is 17.9. The predicted molar refractivity (Wildman–Crippen MR) is 84.9 cm³/mol. The number of amides is 1. The third-order valence-corrected chi connectivity index (χ3v) is 4.48. The number of nitrogens with one attached hydrogen (secondary N) is 1. The molecule has 1 unspecified atom stereocenters. The second kappa shape index (κ2) is 7.23. The Hall–Kier alpha value is -1.13. The van der Waals surface area contributed by atoms with E-state index in [1.807, 2.05) is 13.0 Å². The van der Waals surface area contributed by atoms with Crippen LogP contribution in [0.4, 0.5) is 4.39 Å². The molecule has 5 heteroatoms. The van der Waals surface area contributed by atoms with Crippen LogP contribution in [-0.4, -0.2) is 12.5 Å². The van der Waals surface area contributed by atoms with Crippen molar-refractivity contribution in [2.45, 2.75) is 45.6 Å². The summed E-state index contributed by atoms with van der Waals surface area (Å²) in [6.07, 6.45) is 3.81. The third kappa shape index (κ3) is 3.74. The Labute approximate surface area is 131 Å². The highest BCUT2D eigenvalue weighted by Gasteiger charge is 2.40. The van der Waals surface area contributed by atoms with Crippen molar-refractivity contribution in [3.63, 3.8) is 0 Å². The van der Waals surface area contributed by atoms with Crippen LogP contribution in [0.25, 0.3) is 0 Å². The molecule has 1 aromatic carbocycles. The summed E-state index contributed by atoms with van der Waals surface area (Å²) < 4.78 is 13.6. The second-order valence-electron chi connectivity index (χ2n) is 5.90. The maximum absolute atomic E-state index is 13.6. The second-order valence-corrected chi connectivity index (χ2v) is 5.90. The minimum absolute atomic E-state index is 0. The van der Waals surface area contributed by atoms with Crippen molar-refractivity contribution in [3.8, 4) is 0 Å². The highest BCUT2D eigenvalue weighted by atomic mass is 35.5. The van der Waals surface area contributed by atoms with Crippen LogP contribution >= 0.6 is 12.4 Å². The largest absolute Gasteiger partial charge is 0.349 e. The van der Waals surface area contributed by atoms with Gasteiger partial charge in [-0.1, -0.05) is 25.0 Å². The van der Waals surface area contributed by atoms with Crippen molar-refractivity contribution in [2.24, 2.45) is 11.1 Å². The molecule has 21 heavy (non-hydrogen) atoms. The molecule has 1 aliphatic carbocycles. The van der Waals surface area contributed by atoms with E-state index in [0.29, 0.717) is 12.1 Å². The van der Waals surface area contributed by atoms with Crippen LogP contribution in [-0.2, 0) is 4.79 Å². The van der Waals surface area contributed by atoms with Gasteiger partial charge in [0.25, 0.3) is 0 Å². The zero-order valence-corrected chi connectivity index (χ0v) is 13.4. The lowest BCUT2D eigenvalue weighted by Crippen LogP contribution is -2.44. The molecule has 0 saturated heterocycles. The van der Waals surface area contributed by atoms with E-state index in [4.69, 9.17) is 5.73 Å². The number of halogens is 2. The third-order valence-electron chi connectivity index (χ3n) is 4.48. The molecule has 0 aromatic heterocycles. The van der Waals surface area contributed by atoms with Gasteiger partial charge in [-0.3, -0.25) is 4.79 Å². The van der Waals surface area contributed by atoms with E-state index in [-0.39, 0.29) is 30.2 Å². The van der Waals surface area contributed by atoms with E-state index in [1.165, 1.54) is 6.07 Å². The zero-order chi connectivity index (χ0) is 14.8.